The van der Waals surface area contributed by atoms with Gasteiger partial charge in [0.2, 0.25) is 0 Å². The summed E-state index contributed by atoms with van der Waals surface area (Å²) in [5.74, 6) is 1.53. The van der Waals surface area contributed by atoms with Crippen LogP contribution < -0.4 is 4.72 Å². The second kappa shape index (κ2) is 7.00. The third-order valence-corrected chi connectivity index (χ3v) is 4.64. The number of hydrogen-bond donors (Lipinski definition) is 2. The van der Waals surface area contributed by atoms with Crippen molar-refractivity contribution in [1.82, 2.24) is 14.5 Å². The predicted octanol–water partition coefficient (Wildman–Crippen LogP) is -0.186. The van der Waals surface area contributed by atoms with E-state index < -0.39 is 10.0 Å². The van der Waals surface area contributed by atoms with E-state index in [0.29, 0.717) is 12.3 Å². The molecule has 0 aliphatic carbocycles. The monoisotopic (exact) mass is 279 g/mol. The molecule has 0 spiro atoms. The van der Waals surface area contributed by atoms with E-state index >= 15 is 0 Å². The molecule has 17 heavy (non-hydrogen) atoms. The summed E-state index contributed by atoms with van der Waals surface area (Å²) in [7, 11) is -1.86. The highest BCUT2D eigenvalue weighted by atomic mass is 32.2. The van der Waals surface area contributed by atoms with Gasteiger partial charge in [0.1, 0.15) is 0 Å². The van der Waals surface area contributed by atoms with Crippen LogP contribution in [0.15, 0.2) is 17.3 Å². The lowest BCUT2D eigenvalue weighted by atomic mass is 10.5. The van der Waals surface area contributed by atoms with Gasteiger partial charge in [0, 0.05) is 26.0 Å². The van der Waals surface area contributed by atoms with Crippen molar-refractivity contribution in [3.63, 3.8) is 0 Å². The lowest BCUT2D eigenvalue weighted by Crippen LogP contribution is -2.27. The molecule has 2 N–H and O–H groups in total. The average molecular weight is 279 g/mol. The number of aromatic nitrogens is 2. The van der Waals surface area contributed by atoms with E-state index in [1.54, 1.807) is 18.8 Å². The summed E-state index contributed by atoms with van der Waals surface area (Å²) in [5.41, 5.74) is 0. The van der Waals surface area contributed by atoms with Gasteiger partial charge in [-0.25, -0.2) is 13.1 Å². The molecule has 98 valence electrons. The second-order valence-electron chi connectivity index (χ2n) is 3.38. The molecule has 6 nitrogen and oxygen atoms in total. The summed E-state index contributed by atoms with van der Waals surface area (Å²) in [6.45, 7) is 0.553. The van der Waals surface area contributed by atoms with Crippen molar-refractivity contribution in [3.8, 4) is 0 Å². The van der Waals surface area contributed by atoms with Crippen molar-refractivity contribution in [2.45, 2.75) is 11.4 Å². The Balaban J connectivity index is 2.34. The molecule has 0 fully saturated rings. The average Bonchev–Trinajstić information content (AvgIpc) is 2.70. The van der Waals surface area contributed by atoms with Gasteiger partial charge in [0.15, 0.2) is 5.03 Å². The predicted molar refractivity (Wildman–Crippen MR) is 67.4 cm³/mol. The van der Waals surface area contributed by atoms with Gasteiger partial charge in [-0.15, -0.1) is 0 Å². The number of aliphatic hydroxyl groups excluding tert-OH is 1. The van der Waals surface area contributed by atoms with Crippen LogP contribution >= 0.6 is 11.8 Å². The first-order valence-electron chi connectivity index (χ1n) is 5.24. The van der Waals surface area contributed by atoms with Gasteiger partial charge in [-0.2, -0.15) is 16.9 Å². The summed E-state index contributed by atoms with van der Waals surface area (Å²) in [6.07, 6.45) is 2.18. The van der Waals surface area contributed by atoms with Crippen LogP contribution in [0, 0.1) is 0 Å². The Kier molecular flexibility index (Phi) is 5.96. The number of aliphatic hydroxyl groups is 1. The maximum absolute atomic E-state index is 11.8. The molecule has 1 rings (SSSR count). The zero-order valence-corrected chi connectivity index (χ0v) is 11.3. The van der Waals surface area contributed by atoms with Crippen molar-refractivity contribution in [3.05, 3.63) is 12.3 Å². The smallest absolute Gasteiger partial charge is 0.257 e. The Morgan fingerprint density at radius 1 is 1.53 bits per heavy atom. The largest absolute Gasteiger partial charge is 0.396 e. The van der Waals surface area contributed by atoms with Crippen molar-refractivity contribution in [2.75, 3.05) is 24.7 Å². The molecule has 0 aliphatic heterocycles. The Hall–Kier alpha value is -0.570. The second-order valence-corrected chi connectivity index (χ2v) is 6.32. The van der Waals surface area contributed by atoms with Gasteiger partial charge in [-0.3, -0.25) is 4.68 Å². The fraction of sp³-hybridized carbons (Fsp3) is 0.667. The molecular weight excluding hydrogens is 262 g/mol. The molecule has 0 unspecified atom stereocenters. The Labute approximate surface area is 105 Å². The fourth-order valence-corrected chi connectivity index (χ4v) is 3.28. The third-order valence-electron chi connectivity index (χ3n) is 2.04. The van der Waals surface area contributed by atoms with Crippen molar-refractivity contribution >= 4 is 21.8 Å². The summed E-state index contributed by atoms with van der Waals surface area (Å²) in [6, 6.07) is 1.46. The van der Waals surface area contributed by atoms with Crippen LogP contribution in [0.25, 0.3) is 0 Å². The lowest BCUT2D eigenvalue weighted by molar-refractivity contribution is 0.296. The number of sulfonamides is 1. The molecule has 0 saturated carbocycles. The normalized spacial score (nSPS) is 11.9. The summed E-state index contributed by atoms with van der Waals surface area (Å²) in [4.78, 5) is 0. The molecule has 1 aromatic heterocycles. The minimum Gasteiger partial charge on any atom is -0.396 e. The van der Waals surface area contributed by atoms with Crippen molar-refractivity contribution in [1.29, 1.82) is 0 Å². The molecule has 0 radical (unpaired) electrons. The topological polar surface area (TPSA) is 84.2 Å². The Bertz CT molecular complexity index is 430. The van der Waals surface area contributed by atoms with Crippen LogP contribution in [0.5, 0.6) is 0 Å². The minimum absolute atomic E-state index is 0.165. The quantitative estimate of drug-likeness (QED) is 0.645. The molecule has 1 aromatic rings. The fourth-order valence-electron chi connectivity index (χ4n) is 1.22. The number of aryl methyl sites for hydroxylation is 1. The van der Waals surface area contributed by atoms with Gasteiger partial charge in [-0.1, -0.05) is 0 Å². The molecule has 1 heterocycles. The van der Waals surface area contributed by atoms with Crippen LogP contribution in [0.4, 0.5) is 0 Å². The van der Waals surface area contributed by atoms with Crippen LogP contribution in [-0.4, -0.2) is 48.0 Å². The molecule has 0 saturated heterocycles. The number of nitrogens with one attached hydrogen (secondary N) is 1. The van der Waals surface area contributed by atoms with Crippen molar-refractivity contribution < 1.29 is 13.5 Å². The van der Waals surface area contributed by atoms with Crippen molar-refractivity contribution in [2.24, 2.45) is 7.05 Å². The summed E-state index contributed by atoms with van der Waals surface area (Å²) >= 11 is 1.61. The highest BCUT2D eigenvalue weighted by Crippen LogP contribution is 2.06. The van der Waals surface area contributed by atoms with Crippen LogP contribution in [0.3, 0.4) is 0 Å². The Morgan fingerprint density at radius 2 is 2.29 bits per heavy atom. The molecule has 8 heteroatoms. The van der Waals surface area contributed by atoms with Gasteiger partial charge < -0.3 is 5.11 Å². The van der Waals surface area contributed by atoms with E-state index in [4.69, 9.17) is 5.11 Å². The van der Waals surface area contributed by atoms with Crippen LogP contribution in [0.1, 0.15) is 6.42 Å². The first-order chi connectivity index (χ1) is 8.08. The summed E-state index contributed by atoms with van der Waals surface area (Å²) in [5, 5.41) is 12.6. The maximum atomic E-state index is 11.8. The molecule has 0 amide bonds. The number of nitrogens with zero attached hydrogens (tertiary/aromatic N) is 2. The molecule has 0 aliphatic rings. The number of rotatable bonds is 8. The van der Waals surface area contributed by atoms with Gasteiger partial charge >= 0.3 is 0 Å². The summed E-state index contributed by atoms with van der Waals surface area (Å²) < 4.78 is 27.4. The number of hydrogen-bond acceptors (Lipinski definition) is 5. The van der Waals surface area contributed by atoms with E-state index in [2.05, 4.69) is 9.82 Å². The van der Waals surface area contributed by atoms with Gasteiger partial charge in [-0.05, 0) is 18.2 Å². The van der Waals surface area contributed by atoms with Crippen LogP contribution in [0.2, 0.25) is 0 Å². The third kappa shape index (κ3) is 4.66. The minimum atomic E-state index is -3.45. The van der Waals surface area contributed by atoms with E-state index in [1.807, 2.05) is 0 Å². The lowest BCUT2D eigenvalue weighted by Gasteiger charge is -2.06. The SMILES string of the molecule is Cn1nccc1S(=O)(=O)NCCSCCCO. The molecular formula is C9H17N3O3S2. The van der Waals surface area contributed by atoms with Gasteiger partial charge in [0.25, 0.3) is 10.0 Å². The number of thioether (sulfide) groups is 1. The highest BCUT2D eigenvalue weighted by Gasteiger charge is 2.16. The molecule has 0 aromatic carbocycles. The maximum Gasteiger partial charge on any atom is 0.257 e. The zero-order chi connectivity index (χ0) is 12.7. The molecule has 0 bridgehead atoms. The Morgan fingerprint density at radius 3 is 2.88 bits per heavy atom. The first-order valence-corrected chi connectivity index (χ1v) is 7.88. The standard InChI is InChI=1S/C9H17N3O3S2/c1-12-9(3-4-10-12)17(14,15)11-5-8-16-7-2-6-13/h3-4,11,13H,2,5-8H2,1H3. The molecule has 0 atom stereocenters. The van der Waals surface area contributed by atoms with E-state index in [1.165, 1.54) is 16.9 Å². The van der Waals surface area contributed by atoms with E-state index in [0.717, 1.165) is 12.2 Å². The van der Waals surface area contributed by atoms with Crippen LogP contribution in [-0.2, 0) is 17.1 Å². The first kappa shape index (κ1) is 14.5. The van der Waals surface area contributed by atoms with E-state index in [9.17, 15) is 8.42 Å². The zero-order valence-electron chi connectivity index (χ0n) is 9.66. The highest BCUT2D eigenvalue weighted by molar-refractivity contribution is 7.99. The van der Waals surface area contributed by atoms with E-state index in [-0.39, 0.29) is 11.6 Å². The van der Waals surface area contributed by atoms with Gasteiger partial charge in [0.05, 0.1) is 6.20 Å².